The standard InChI is InChI=1S/C24H25O3P/c1-3-23(24(26)27-19(2)25)28(20-13-7-4-8-14-20,21-15-9-5-10-16-21)22-17-11-6-12-18-22/h4-18,23,28H,3H2,1-2H3. The van der Waals surface area contributed by atoms with Gasteiger partial charge in [0, 0.05) is 0 Å². The Labute approximate surface area is 166 Å². The van der Waals surface area contributed by atoms with Crippen LogP contribution >= 0.6 is 7.26 Å². The molecule has 1 unspecified atom stereocenters. The number of carbonyl (C=O) groups excluding carboxylic acids is 2. The molecular weight excluding hydrogens is 367 g/mol. The molecule has 1 atom stereocenters. The summed E-state index contributed by atoms with van der Waals surface area (Å²) in [6, 6.07) is 30.5. The minimum atomic E-state index is -2.81. The number of carbonyl (C=O) groups is 2. The van der Waals surface area contributed by atoms with Gasteiger partial charge in [-0.1, -0.05) is 0 Å². The van der Waals surface area contributed by atoms with Crippen LogP contribution in [0.15, 0.2) is 91.0 Å². The number of ether oxygens (including phenoxy) is 1. The Bertz CT molecular complexity index is 827. The molecule has 0 bridgehead atoms. The van der Waals surface area contributed by atoms with Crippen molar-refractivity contribution in [3.05, 3.63) is 91.0 Å². The van der Waals surface area contributed by atoms with E-state index in [2.05, 4.69) is 36.4 Å². The van der Waals surface area contributed by atoms with Crippen LogP contribution in [-0.2, 0) is 14.3 Å². The third kappa shape index (κ3) is 3.76. The van der Waals surface area contributed by atoms with Crippen molar-refractivity contribution in [3.8, 4) is 0 Å². The molecule has 0 saturated heterocycles. The second-order valence-corrected chi connectivity index (χ2v) is 10.8. The zero-order valence-corrected chi connectivity index (χ0v) is 17.2. The van der Waals surface area contributed by atoms with Crippen LogP contribution in [-0.4, -0.2) is 17.6 Å². The summed E-state index contributed by atoms with van der Waals surface area (Å²) in [6.07, 6.45) is 0.580. The summed E-state index contributed by atoms with van der Waals surface area (Å²) >= 11 is 0. The van der Waals surface area contributed by atoms with Crippen molar-refractivity contribution in [2.45, 2.75) is 25.9 Å². The molecule has 3 aromatic carbocycles. The third-order valence-corrected chi connectivity index (χ3v) is 10.6. The zero-order chi connectivity index (χ0) is 20.0. The van der Waals surface area contributed by atoms with Crippen molar-refractivity contribution in [2.24, 2.45) is 0 Å². The summed E-state index contributed by atoms with van der Waals surface area (Å²) in [7, 11) is -2.81. The average Bonchev–Trinajstić information content (AvgIpc) is 2.73. The maximum atomic E-state index is 13.1. The Balaban J connectivity index is 2.36. The maximum absolute atomic E-state index is 13.1. The van der Waals surface area contributed by atoms with Gasteiger partial charge in [0.05, 0.1) is 0 Å². The van der Waals surface area contributed by atoms with Gasteiger partial charge in [0.2, 0.25) is 0 Å². The zero-order valence-electron chi connectivity index (χ0n) is 16.2. The molecule has 0 aliphatic rings. The quantitative estimate of drug-likeness (QED) is 0.366. The number of esters is 2. The van der Waals surface area contributed by atoms with Crippen molar-refractivity contribution in [2.75, 3.05) is 0 Å². The Morgan fingerprint density at radius 3 is 1.39 bits per heavy atom. The summed E-state index contributed by atoms with van der Waals surface area (Å²) in [5.41, 5.74) is -0.427. The number of hydrogen-bond acceptors (Lipinski definition) is 3. The molecule has 0 N–H and O–H groups in total. The van der Waals surface area contributed by atoms with Gasteiger partial charge in [-0.25, -0.2) is 0 Å². The molecule has 0 aliphatic carbocycles. The third-order valence-electron chi connectivity index (χ3n) is 5.15. The second-order valence-electron chi connectivity index (χ2n) is 6.78. The molecule has 4 heteroatoms. The first kappa shape index (κ1) is 20.0. The van der Waals surface area contributed by atoms with E-state index in [9.17, 15) is 9.59 Å². The summed E-state index contributed by atoms with van der Waals surface area (Å²) in [4.78, 5) is 24.7. The van der Waals surface area contributed by atoms with Crippen LogP contribution in [0.5, 0.6) is 0 Å². The van der Waals surface area contributed by atoms with Gasteiger partial charge in [-0.05, 0) is 0 Å². The molecule has 144 valence electrons. The monoisotopic (exact) mass is 392 g/mol. The molecule has 0 aromatic heterocycles. The van der Waals surface area contributed by atoms with Crippen LogP contribution in [0.2, 0.25) is 0 Å². The van der Waals surface area contributed by atoms with Crippen molar-refractivity contribution in [1.29, 1.82) is 0 Å². The van der Waals surface area contributed by atoms with Gasteiger partial charge in [-0.3, -0.25) is 0 Å². The molecule has 0 amide bonds. The molecule has 3 rings (SSSR count). The first-order valence-electron chi connectivity index (χ1n) is 9.49. The van der Waals surface area contributed by atoms with Gasteiger partial charge >= 0.3 is 166 Å². The summed E-state index contributed by atoms with van der Waals surface area (Å²) in [5, 5.41) is 3.37. The molecule has 28 heavy (non-hydrogen) atoms. The van der Waals surface area contributed by atoms with Gasteiger partial charge < -0.3 is 0 Å². The molecule has 0 radical (unpaired) electrons. The van der Waals surface area contributed by atoms with Crippen LogP contribution in [0.4, 0.5) is 0 Å². The van der Waals surface area contributed by atoms with E-state index >= 15 is 0 Å². The average molecular weight is 392 g/mol. The van der Waals surface area contributed by atoms with Crippen molar-refractivity contribution < 1.29 is 14.3 Å². The molecule has 3 nitrogen and oxygen atoms in total. The van der Waals surface area contributed by atoms with E-state index in [-0.39, 0.29) is 0 Å². The normalized spacial score (nSPS) is 12.8. The molecule has 0 aliphatic heterocycles. The molecule has 3 aromatic rings. The second kappa shape index (κ2) is 8.95. The minimum absolute atomic E-state index is 0.427. The van der Waals surface area contributed by atoms with Gasteiger partial charge in [0.1, 0.15) is 0 Å². The van der Waals surface area contributed by atoms with Crippen LogP contribution < -0.4 is 15.9 Å². The van der Waals surface area contributed by atoms with Crippen LogP contribution in [0.25, 0.3) is 0 Å². The predicted molar refractivity (Wildman–Crippen MR) is 117 cm³/mol. The predicted octanol–water partition coefficient (Wildman–Crippen LogP) is 3.58. The fraction of sp³-hybridized carbons (Fsp3) is 0.167. The van der Waals surface area contributed by atoms with Crippen LogP contribution in [0.3, 0.4) is 0 Å². The summed E-state index contributed by atoms with van der Waals surface area (Å²) in [6.45, 7) is 3.27. The van der Waals surface area contributed by atoms with Crippen LogP contribution in [0, 0.1) is 0 Å². The Morgan fingerprint density at radius 2 is 1.11 bits per heavy atom. The molecular formula is C24H25O3P. The van der Waals surface area contributed by atoms with Gasteiger partial charge in [0.15, 0.2) is 0 Å². The molecule has 0 fully saturated rings. The van der Waals surface area contributed by atoms with Crippen LogP contribution in [0.1, 0.15) is 20.3 Å². The van der Waals surface area contributed by atoms with E-state index in [1.165, 1.54) is 6.92 Å². The van der Waals surface area contributed by atoms with Gasteiger partial charge in [0.25, 0.3) is 0 Å². The van der Waals surface area contributed by atoms with E-state index in [1.54, 1.807) is 0 Å². The van der Waals surface area contributed by atoms with E-state index in [4.69, 9.17) is 4.74 Å². The first-order valence-corrected chi connectivity index (χ1v) is 11.6. The van der Waals surface area contributed by atoms with Crippen molar-refractivity contribution in [3.63, 3.8) is 0 Å². The van der Waals surface area contributed by atoms with E-state index < -0.39 is 24.9 Å². The molecule has 0 heterocycles. The summed E-state index contributed by atoms with van der Waals surface area (Å²) in [5.74, 6) is -1.02. The first-order chi connectivity index (χ1) is 13.6. The van der Waals surface area contributed by atoms with E-state index in [0.717, 1.165) is 15.9 Å². The van der Waals surface area contributed by atoms with E-state index in [1.807, 2.05) is 61.5 Å². The Kier molecular flexibility index (Phi) is 6.38. The van der Waals surface area contributed by atoms with Crippen molar-refractivity contribution >= 4 is 35.1 Å². The number of rotatable bonds is 6. The fourth-order valence-corrected chi connectivity index (χ4v) is 9.46. The number of hydrogen-bond donors (Lipinski definition) is 0. The SMILES string of the molecule is CCC(C(=O)OC(C)=O)[PH](c1ccccc1)(c1ccccc1)c1ccccc1. The van der Waals surface area contributed by atoms with E-state index in [0.29, 0.717) is 6.42 Å². The topological polar surface area (TPSA) is 43.4 Å². The van der Waals surface area contributed by atoms with Gasteiger partial charge in [-0.15, -0.1) is 0 Å². The van der Waals surface area contributed by atoms with Gasteiger partial charge in [-0.2, -0.15) is 0 Å². The molecule has 0 spiro atoms. The van der Waals surface area contributed by atoms with Crippen molar-refractivity contribution in [1.82, 2.24) is 0 Å². The Hall–Kier alpha value is -2.77. The summed E-state index contributed by atoms with van der Waals surface area (Å²) < 4.78 is 5.13. The molecule has 0 saturated carbocycles. The Morgan fingerprint density at radius 1 is 0.750 bits per heavy atom. The fourth-order valence-electron chi connectivity index (χ4n) is 4.07. The number of benzene rings is 3.